The molecule has 0 aliphatic rings. The first-order chi connectivity index (χ1) is 16.3. The summed E-state index contributed by atoms with van der Waals surface area (Å²) in [5.41, 5.74) is 7.28. The fourth-order valence-electron chi connectivity index (χ4n) is 2.81. The van der Waals surface area contributed by atoms with Crippen molar-refractivity contribution < 1.29 is 19.0 Å². The lowest BCUT2D eigenvalue weighted by Crippen LogP contribution is -2.10. The van der Waals surface area contributed by atoms with E-state index in [2.05, 4.69) is 31.0 Å². The van der Waals surface area contributed by atoms with E-state index in [9.17, 15) is 4.39 Å². The van der Waals surface area contributed by atoms with Crippen molar-refractivity contribution in [3.05, 3.63) is 66.6 Å². The van der Waals surface area contributed by atoms with Crippen LogP contribution in [-0.4, -0.2) is 49.0 Å². The third-order valence-corrected chi connectivity index (χ3v) is 4.16. The minimum Gasteiger partial charge on any atom is -0.481 e. The highest BCUT2D eigenvalue weighted by Crippen LogP contribution is 2.25. The molecular formula is C22H25FN8O3. The van der Waals surface area contributed by atoms with E-state index >= 15 is 0 Å². The molecule has 4 rings (SSSR count). The van der Waals surface area contributed by atoms with E-state index in [1.165, 1.54) is 12.3 Å². The van der Waals surface area contributed by atoms with Crippen LogP contribution >= 0.6 is 0 Å². The summed E-state index contributed by atoms with van der Waals surface area (Å²) < 4.78 is 20.2. The number of aromatic nitrogens is 5. The number of hydrogen-bond acceptors (Lipinski definition) is 8. The maximum atomic E-state index is 13.1. The molecule has 1 atom stereocenters. The third kappa shape index (κ3) is 6.95. The van der Waals surface area contributed by atoms with Gasteiger partial charge < -0.3 is 20.9 Å². The normalized spacial score (nSPS) is 10.7. The number of hydrogen-bond donors (Lipinski definition) is 4. The molecule has 0 aliphatic heterocycles. The number of halogens is 1. The number of rotatable bonds is 5. The number of anilines is 1. The van der Waals surface area contributed by atoms with Crippen molar-refractivity contribution in [1.29, 1.82) is 5.41 Å². The molecule has 0 aromatic carbocycles. The summed E-state index contributed by atoms with van der Waals surface area (Å²) in [6.45, 7) is 3.02. The molecule has 0 aliphatic carbocycles. The Bertz CT molecular complexity index is 1230. The number of fused-ring (bicyclic) bond motifs is 1. The maximum absolute atomic E-state index is 13.1. The van der Waals surface area contributed by atoms with Gasteiger partial charge in [0, 0.05) is 13.1 Å². The van der Waals surface area contributed by atoms with Crippen LogP contribution in [-0.2, 0) is 4.79 Å². The van der Waals surface area contributed by atoms with Crippen molar-refractivity contribution in [2.45, 2.75) is 19.9 Å². The van der Waals surface area contributed by atoms with Crippen LogP contribution in [0.4, 0.5) is 10.2 Å². The Labute approximate surface area is 195 Å². The number of methoxy groups -OCH3 is 1. The molecule has 0 unspecified atom stereocenters. The summed E-state index contributed by atoms with van der Waals surface area (Å²) >= 11 is 0. The van der Waals surface area contributed by atoms with Crippen molar-refractivity contribution in [1.82, 2.24) is 24.5 Å². The van der Waals surface area contributed by atoms with Gasteiger partial charge in [-0.2, -0.15) is 0 Å². The Morgan fingerprint density at radius 3 is 2.59 bits per heavy atom. The van der Waals surface area contributed by atoms with Gasteiger partial charge in [-0.05, 0) is 43.3 Å². The predicted molar refractivity (Wildman–Crippen MR) is 126 cm³/mol. The molecule has 0 spiro atoms. The van der Waals surface area contributed by atoms with Gasteiger partial charge in [-0.3, -0.25) is 19.8 Å². The van der Waals surface area contributed by atoms with Gasteiger partial charge in [-0.25, -0.2) is 19.3 Å². The number of carboxylic acid groups (broad SMARTS) is 1. The zero-order chi connectivity index (χ0) is 25.1. The first-order valence-corrected chi connectivity index (χ1v) is 9.92. The number of imidazole rings is 1. The first kappa shape index (κ1) is 25.6. The summed E-state index contributed by atoms with van der Waals surface area (Å²) in [4.78, 5) is 26.4. The van der Waals surface area contributed by atoms with E-state index in [1.54, 1.807) is 25.7 Å². The van der Waals surface area contributed by atoms with Crippen LogP contribution in [0.1, 0.15) is 25.6 Å². The predicted octanol–water partition coefficient (Wildman–Crippen LogP) is 3.17. The molecule has 0 amide bonds. The molecular weight excluding hydrogens is 443 g/mol. The van der Waals surface area contributed by atoms with Crippen molar-refractivity contribution in [2.24, 2.45) is 5.73 Å². The largest absolute Gasteiger partial charge is 0.481 e. The molecule has 0 fully saturated rings. The van der Waals surface area contributed by atoms with Crippen molar-refractivity contribution in [3.8, 4) is 11.6 Å². The molecule has 12 heteroatoms. The quantitative estimate of drug-likeness (QED) is 0.254. The van der Waals surface area contributed by atoms with Crippen molar-refractivity contribution in [3.63, 3.8) is 0 Å². The summed E-state index contributed by atoms with van der Waals surface area (Å²) in [5.74, 6) is -0.0496. The average molecular weight is 468 g/mol. The van der Waals surface area contributed by atoms with Gasteiger partial charge in [0.05, 0.1) is 31.4 Å². The van der Waals surface area contributed by atoms with Crippen LogP contribution in [0.3, 0.4) is 0 Å². The van der Waals surface area contributed by atoms with E-state index in [0.29, 0.717) is 17.3 Å². The first-order valence-electron chi connectivity index (χ1n) is 9.92. The Morgan fingerprint density at radius 1 is 1.26 bits per heavy atom. The van der Waals surface area contributed by atoms with Gasteiger partial charge in [0.25, 0.3) is 5.97 Å². The van der Waals surface area contributed by atoms with E-state index < -0.39 is 5.97 Å². The monoisotopic (exact) mass is 468 g/mol. The lowest BCUT2D eigenvalue weighted by molar-refractivity contribution is -0.134. The Hall–Kier alpha value is -4.61. The molecule has 4 aromatic heterocycles. The van der Waals surface area contributed by atoms with Gasteiger partial charge in [-0.15, -0.1) is 0 Å². The molecule has 4 heterocycles. The molecule has 178 valence electrons. The van der Waals surface area contributed by atoms with Crippen molar-refractivity contribution in [2.75, 3.05) is 12.4 Å². The zero-order valence-electron chi connectivity index (χ0n) is 18.8. The number of ether oxygens (including phenoxy) is 1. The molecule has 0 bridgehead atoms. The number of nitrogens with one attached hydrogen (secondary N) is 2. The summed E-state index contributed by atoms with van der Waals surface area (Å²) in [7, 11) is 1.57. The van der Waals surface area contributed by atoms with Crippen molar-refractivity contribution >= 4 is 29.3 Å². The number of nitrogens with zero attached hydrogens (tertiary/aromatic N) is 5. The van der Waals surface area contributed by atoms with Gasteiger partial charge in [0.15, 0.2) is 5.65 Å². The van der Waals surface area contributed by atoms with E-state index in [4.69, 9.17) is 20.0 Å². The highest BCUT2D eigenvalue weighted by atomic mass is 19.1. The number of carboxylic acids is 1. The molecule has 4 aromatic rings. The van der Waals surface area contributed by atoms with Gasteiger partial charge in [0.2, 0.25) is 5.88 Å². The van der Waals surface area contributed by atoms with Gasteiger partial charge in [-0.1, -0.05) is 0 Å². The fourth-order valence-corrected chi connectivity index (χ4v) is 2.81. The average Bonchev–Trinajstić information content (AvgIpc) is 3.22. The van der Waals surface area contributed by atoms with E-state index in [-0.39, 0.29) is 11.9 Å². The summed E-state index contributed by atoms with van der Waals surface area (Å²) in [6.07, 6.45) is 5.30. The second kappa shape index (κ2) is 12.4. The lowest BCUT2D eigenvalue weighted by Gasteiger charge is -2.14. The Kier molecular flexibility index (Phi) is 9.38. The molecule has 11 nitrogen and oxygen atoms in total. The Morgan fingerprint density at radius 2 is 1.97 bits per heavy atom. The zero-order valence-corrected chi connectivity index (χ0v) is 18.8. The van der Waals surface area contributed by atoms with Gasteiger partial charge in [0.1, 0.15) is 29.2 Å². The van der Waals surface area contributed by atoms with Crippen LogP contribution in [0, 0.1) is 11.2 Å². The summed E-state index contributed by atoms with van der Waals surface area (Å²) in [5, 5.41) is 16.6. The fraction of sp³-hybridized carbons (Fsp3) is 0.182. The van der Waals surface area contributed by atoms with Crippen LogP contribution in [0.5, 0.6) is 5.88 Å². The highest BCUT2D eigenvalue weighted by Gasteiger charge is 2.13. The number of pyridine rings is 3. The standard InChI is InChI=1S/C19H17FN6O.C2H4O2.CH4N2/c1-12(14-6-5-13(20)10-22-14)24-17-8-7-15-18(25-17)26(11-23-15)16-4-3-9-21-19(16)27-2;1-2(3)4;2-1-3/h3-12H,1-2H3,(H,24,25);1H3,(H,3,4);1H,(H3,2,3)/t12-;;/m0../s1. The molecule has 0 radical (unpaired) electrons. The van der Waals surface area contributed by atoms with Gasteiger partial charge >= 0.3 is 0 Å². The van der Waals surface area contributed by atoms with Crippen LogP contribution < -0.4 is 15.8 Å². The number of aliphatic carboxylic acids is 1. The topological polar surface area (TPSA) is 165 Å². The Balaban J connectivity index is 0.000000519. The second-order valence-corrected chi connectivity index (χ2v) is 6.64. The summed E-state index contributed by atoms with van der Waals surface area (Å²) in [6, 6.07) is 10.3. The lowest BCUT2D eigenvalue weighted by atomic mass is 10.2. The third-order valence-electron chi connectivity index (χ3n) is 4.16. The second-order valence-electron chi connectivity index (χ2n) is 6.64. The van der Waals surface area contributed by atoms with Crippen LogP contribution in [0.25, 0.3) is 16.9 Å². The maximum Gasteiger partial charge on any atom is 0.300 e. The molecule has 0 saturated heterocycles. The number of carbonyl (C=O) groups is 1. The SMILES string of the molecule is CC(=O)O.COc1ncccc1-n1cnc2ccc(N[C@@H](C)c3ccc(F)cn3)nc21.N=CN. The molecule has 5 N–H and O–H groups in total. The minimum atomic E-state index is -0.833. The highest BCUT2D eigenvalue weighted by molar-refractivity contribution is 5.75. The molecule has 34 heavy (non-hydrogen) atoms. The number of nitrogens with two attached hydrogens (primary N) is 1. The van der Waals surface area contributed by atoms with Crippen LogP contribution in [0.2, 0.25) is 0 Å². The van der Waals surface area contributed by atoms with Crippen LogP contribution in [0.15, 0.2) is 55.1 Å². The minimum absolute atomic E-state index is 0.139. The smallest absolute Gasteiger partial charge is 0.300 e. The molecule has 0 saturated carbocycles. The van der Waals surface area contributed by atoms with E-state index in [0.717, 1.165) is 30.2 Å². The van der Waals surface area contributed by atoms with E-state index in [1.807, 2.05) is 35.8 Å².